The molecule has 2 aromatic rings. The highest BCUT2D eigenvalue weighted by atomic mass is 16.5. The Labute approximate surface area is 98.4 Å². The van der Waals surface area contributed by atoms with Crippen molar-refractivity contribution in [1.82, 2.24) is 4.57 Å². The number of hydrogen-bond donors (Lipinski definition) is 1. The van der Waals surface area contributed by atoms with Crippen LogP contribution in [0.2, 0.25) is 0 Å². The first-order chi connectivity index (χ1) is 8.27. The third kappa shape index (κ3) is 1.61. The van der Waals surface area contributed by atoms with Gasteiger partial charge in [-0.25, -0.2) is 4.79 Å². The van der Waals surface area contributed by atoms with Crippen molar-refractivity contribution in [3.05, 3.63) is 36.0 Å². The molecule has 1 fully saturated rings. The van der Waals surface area contributed by atoms with Gasteiger partial charge in [0.05, 0.1) is 11.1 Å². The first-order valence-electron chi connectivity index (χ1n) is 5.72. The van der Waals surface area contributed by atoms with Crippen LogP contribution in [0.3, 0.4) is 0 Å². The molecule has 1 aromatic heterocycles. The van der Waals surface area contributed by atoms with Crippen LogP contribution in [-0.2, 0) is 4.74 Å². The van der Waals surface area contributed by atoms with E-state index in [1.165, 1.54) is 0 Å². The molecule has 1 saturated heterocycles. The maximum absolute atomic E-state index is 11.1. The van der Waals surface area contributed by atoms with Crippen molar-refractivity contribution in [2.75, 3.05) is 6.61 Å². The van der Waals surface area contributed by atoms with Gasteiger partial charge in [-0.05, 0) is 31.0 Å². The third-order valence-corrected chi connectivity index (χ3v) is 3.21. The Morgan fingerprint density at radius 2 is 2.29 bits per heavy atom. The van der Waals surface area contributed by atoms with Gasteiger partial charge in [0.2, 0.25) is 0 Å². The predicted molar refractivity (Wildman–Crippen MR) is 63.1 cm³/mol. The molecule has 1 N–H and O–H groups in total. The average Bonchev–Trinajstić information content (AvgIpc) is 2.96. The summed E-state index contributed by atoms with van der Waals surface area (Å²) in [6.07, 6.45) is 4.01. The molecule has 1 atom stereocenters. The zero-order valence-corrected chi connectivity index (χ0v) is 9.30. The molecule has 1 unspecified atom stereocenters. The van der Waals surface area contributed by atoms with Gasteiger partial charge < -0.3 is 14.4 Å². The van der Waals surface area contributed by atoms with Gasteiger partial charge in [-0.2, -0.15) is 0 Å². The summed E-state index contributed by atoms with van der Waals surface area (Å²) in [6.45, 7) is 0.781. The number of aromatic nitrogens is 1. The van der Waals surface area contributed by atoms with Crippen molar-refractivity contribution in [2.45, 2.75) is 19.1 Å². The summed E-state index contributed by atoms with van der Waals surface area (Å²) in [5.41, 5.74) is 1.27. The molecule has 3 rings (SSSR count). The predicted octanol–water partition coefficient (Wildman–Crippen LogP) is 2.65. The van der Waals surface area contributed by atoms with Crippen LogP contribution in [0, 0.1) is 0 Å². The fraction of sp³-hybridized carbons (Fsp3) is 0.308. The van der Waals surface area contributed by atoms with Crippen LogP contribution in [0.25, 0.3) is 10.9 Å². The Balaban J connectivity index is 2.15. The molecule has 0 radical (unpaired) electrons. The van der Waals surface area contributed by atoms with Gasteiger partial charge >= 0.3 is 5.97 Å². The molecular formula is C13H13NO3. The molecule has 1 aliphatic heterocycles. The van der Waals surface area contributed by atoms with Gasteiger partial charge in [-0.15, -0.1) is 0 Å². The van der Waals surface area contributed by atoms with E-state index in [4.69, 9.17) is 9.84 Å². The van der Waals surface area contributed by atoms with E-state index < -0.39 is 5.97 Å². The summed E-state index contributed by atoms with van der Waals surface area (Å²) in [7, 11) is 0. The largest absolute Gasteiger partial charge is 0.478 e. The minimum Gasteiger partial charge on any atom is -0.478 e. The normalized spacial score (nSPS) is 19.9. The highest BCUT2D eigenvalue weighted by Crippen LogP contribution is 2.29. The number of fused-ring (bicyclic) bond motifs is 1. The van der Waals surface area contributed by atoms with E-state index in [0.29, 0.717) is 5.56 Å². The second kappa shape index (κ2) is 3.89. The van der Waals surface area contributed by atoms with Crippen LogP contribution in [0.15, 0.2) is 30.5 Å². The van der Waals surface area contributed by atoms with E-state index in [9.17, 15) is 4.79 Å². The average molecular weight is 231 g/mol. The highest BCUT2D eigenvalue weighted by molar-refractivity contribution is 6.02. The zero-order chi connectivity index (χ0) is 11.8. The minimum atomic E-state index is -0.888. The lowest BCUT2D eigenvalue weighted by atomic mass is 10.1. The fourth-order valence-electron chi connectivity index (χ4n) is 2.41. The quantitative estimate of drug-likeness (QED) is 0.864. The van der Waals surface area contributed by atoms with Crippen LogP contribution in [-0.4, -0.2) is 22.2 Å². The number of aromatic carboxylic acids is 1. The first-order valence-corrected chi connectivity index (χ1v) is 5.72. The molecule has 17 heavy (non-hydrogen) atoms. The van der Waals surface area contributed by atoms with Gasteiger partial charge in [-0.3, -0.25) is 0 Å². The van der Waals surface area contributed by atoms with Gasteiger partial charge in [0.25, 0.3) is 0 Å². The van der Waals surface area contributed by atoms with Crippen LogP contribution in [0.5, 0.6) is 0 Å². The Morgan fingerprint density at radius 1 is 1.41 bits per heavy atom. The van der Waals surface area contributed by atoms with Crippen molar-refractivity contribution in [2.24, 2.45) is 0 Å². The molecule has 2 heterocycles. The number of carboxylic acids is 1. The zero-order valence-electron chi connectivity index (χ0n) is 9.30. The monoisotopic (exact) mass is 231 g/mol. The van der Waals surface area contributed by atoms with Crippen LogP contribution >= 0.6 is 0 Å². The molecule has 0 saturated carbocycles. The number of nitrogens with zero attached hydrogens (tertiary/aromatic N) is 1. The molecule has 88 valence electrons. The summed E-state index contributed by atoms with van der Waals surface area (Å²) in [4.78, 5) is 11.1. The molecule has 1 aromatic carbocycles. The Hall–Kier alpha value is -1.81. The van der Waals surface area contributed by atoms with E-state index in [1.54, 1.807) is 12.1 Å². The van der Waals surface area contributed by atoms with E-state index in [0.717, 1.165) is 30.4 Å². The lowest BCUT2D eigenvalue weighted by molar-refractivity contribution is 0.0601. The van der Waals surface area contributed by atoms with Crippen molar-refractivity contribution >= 4 is 16.9 Å². The number of ether oxygens (including phenoxy) is 1. The van der Waals surface area contributed by atoms with Crippen molar-refractivity contribution in [3.8, 4) is 0 Å². The molecular weight excluding hydrogens is 218 g/mol. The molecule has 4 heteroatoms. The molecule has 0 aliphatic carbocycles. The number of benzene rings is 1. The second-order valence-corrected chi connectivity index (χ2v) is 4.23. The number of hydrogen-bond acceptors (Lipinski definition) is 2. The van der Waals surface area contributed by atoms with Crippen molar-refractivity contribution in [1.29, 1.82) is 0 Å². The van der Waals surface area contributed by atoms with Gasteiger partial charge in [-0.1, -0.05) is 6.07 Å². The molecule has 0 bridgehead atoms. The Kier molecular flexibility index (Phi) is 2.37. The number of carboxylic acid groups (broad SMARTS) is 1. The first kappa shape index (κ1) is 10.4. The van der Waals surface area contributed by atoms with Crippen LogP contribution in [0.1, 0.15) is 29.4 Å². The van der Waals surface area contributed by atoms with Crippen molar-refractivity contribution in [3.63, 3.8) is 0 Å². The maximum Gasteiger partial charge on any atom is 0.336 e. The van der Waals surface area contributed by atoms with E-state index in [-0.39, 0.29) is 6.23 Å². The van der Waals surface area contributed by atoms with Crippen molar-refractivity contribution < 1.29 is 14.6 Å². The summed E-state index contributed by atoms with van der Waals surface area (Å²) >= 11 is 0. The summed E-state index contributed by atoms with van der Waals surface area (Å²) in [6, 6.07) is 7.19. The highest BCUT2D eigenvalue weighted by Gasteiger charge is 2.20. The topological polar surface area (TPSA) is 51.5 Å². The second-order valence-electron chi connectivity index (χ2n) is 4.23. The van der Waals surface area contributed by atoms with Gasteiger partial charge in [0, 0.05) is 18.2 Å². The minimum absolute atomic E-state index is 0.0524. The number of rotatable bonds is 2. The Morgan fingerprint density at radius 3 is 3.00 bits per heavy atom. The van der Waals surface area contributed by atoms with E-state index in [1.807, 2.05) is 22.9 Å². The molecule has 1 aliphatic rings. The Bertz CT molecular complexity index is 567. The van der Waals surface area contributed by atoms with Gasteiger partial charge in [0.1, 0.15) is 6.23 Å². The van der Waals surface area contributed by atoms with E-state index >= 15 is 0 Å². The lowest BCUT2D eigenvalue weighted by Gasteiger charge is -2.13. The summed E-state index contributed by atoms with van der Waals surface area (Å²) in [5.74, 6) is -0.888. The lowest BCUT2D eigenvalue weighted by Crippen LogP contribution is -2.05. The number of carbonyl (C=O) groups is 1. The fourth-order valence-corrected chi connectivity index (χ4v) is 2.41. The standard InChI is InChI=1S/C13H13NO3/c15-13(16)10-3-1-4-11-9(10)6-7-14(11)12-5-2-8-17-12/h1,3-4,6-7,12H,2,5,8H2,(H,15,16). The summed E-state index contributed by atoms with van der Waals surface area (Å²) in [5, 5.41) is 9.89. The summed E-state index contributed by atoms with van der Waals surface area (Å²) < 4.78 is 7.64. The SMILES string of the molecule is O=C(O)c1cccc2c1ccn2C1CCCO1. The smallest absolute Gasteiger partial charge is 0.336 e. The molecule has 4 nitrogen and oxygen atoms in total. The van der Waals surface area contributed by atoms with Crippen LogP contribution < -0.4 is 0 Å². The van der Waals surface area contributed by atoms with E-state index in [2.05, 4.69) is 0 Å². The molecule has 0 spiro atoms. The molecule has 0 amide bonds. The van der Waals surface area contributed by atoms with Crippen LogP contribution in [0.4, 0.5) is 0 Å². The van der Waals surface area contributed by atoms with Gasteiger partial charge in [0.15, 0.2) is 0 Å². The maximum atomic E-state index is 11.1. The third-order valence-electron chi connectivity index (χ3n) is 3.21.